The number of hydrogen-bond acceptors (Lipinski definition) is 5. The van der Waals surface area contributed by atoms with Crippen LogP contribution in [-0.2, 0) is 4.79 Å². The van der Waals surface area contributed by atoms with Gasteiger partial charge in [-0.25, -0.2) is 18.4 Å². The zero-order valence-corrected chi connectivity index (χ0v) is 12.7. The van der Waals surface area contributed by atoms with E-state index in [1.165, 1.54) is 0 Å². The predicted octanol–water partition coefficient (Wildman–Crippen LogP) is 3.31. The molecule has 0 aliphatic rings. The lowest BCUT2D eigenvalue weighted by molar-refractivity contribution is -0.131. The van der Waals surface area contributed by atoms with Crippen molar-refractivity contribution in [3.05, 3.63) is 59.2 Å². The molecule has 0 aromatic heterocycles. The molecule has 0 aliphatic heterocycles. The number of benzene rings is 2. The Morgan fingerprint density at radius 1 is 0.885 bits per heavy atom. The van der Waals surface area contributed by atoms with E-state index < -0.39 is 40.9 Å². The van der Waals surface area contributed by atoms with Crippen LogP contribution in [0.15, 0.2) is 36.4 Å². The third kappa shape index (κ3) is 6.56. The number of carbonyl (C=O) groups is 3. The lowest BCUT2D eigenvalue weighted by Crippen LogP contribution is -2.07. The molecule has 0 radical (unpaired) electrons. The number of rotatable bonds is 3. The molecule has 2 rings (SSSR count). The molecule has 2 aromatic rings. The molecule has 0 aliphatic carbocycles. The molecule has 9 heteroatoms. The highest BCUT2D eigenvalue weighted by molar-refractivity contribution is 5.92. The van der Waals surface area contributed by atoms with E-state index in [2.05, 4.69) is 4.74 Å². The summed E-state index contributed by atoms with van der Waals surface area (Å²) in [7, 11) is 0. The molecule has 0 spiro atoms. The van der Waals surface area contributed by atoms with Gasteiger partial charge in [0.25, 0.3) is 0 Å². The van der Waals surface area contributed by atoms with E-state index in [0.717, 1.165) is 43.3 Å². The van der Waals surface area contributed by atoms with Gasteiger partial charge in [0, 0.05) is 6.92 Å². The Hall–Kier alpha value is -3.49. The number of carboxylic acid groups (broad SMARTS) is 2. The molecule has 0 amide bonds. The summed E-state index contributed by atoms with van der Waals surface area (Å²) in [5.74, 6) is -5.31. The van der Waals surface area contributed by atoms with Crippen molar-refractivity contribution in [2.45, 2.75) is 14.4 Å². The molecular formula is C17H16F2O7. The molecule has 0 fully saturated rings. The van der Waals surface area contributed by atoms with E-state index in [1.807, 2.05) is 0 Å². The van der Waals surface area contributed by atoms with Crippen LogP contribution in [0.3, 0.4) is 0 Å². The van der Waals surface area contributed by atoms with Crippen LogP contribution in [0, 0.1) is 11.6 Å². The van der Waals surface area contributed by atoms with Crippen molar-refractivity contribution in [2.75, 3.05) is 0 Å². The van der Waals surface area contributed by atoms with Gasteiger partial charge in [-0.3, -0.25) is 4.79 Å². The number of carboxylic acids is 2. The first kappa shape index (κ1) is 22.5. The molecule has 0 bridgehead atoms. The van der Waals surface area contributed by atoms with Gasteiger partial charge in [0.1, 0.15) is 34.3 Å². The second kappa shape index (κ2) is 9.72. The molecule has 0 saturated heterocycles. The molecule has 0 saturated carbocycles. The summed E-state index contributed by atoms with van der Waals surface area (Å²) in [6, 6.07) is 5.66. The Balaban J connectivity index is 0.000000475. The molecule has 0 unspecified atom stereocenters. The van der Waals surface area contributed by atoms with Crippen LogP contribution < -0.4 is 4.74 Å². The summed E-state index contributed by atoms with van der Waals surface area (Å²) in [5.41, 5.74) is -0.801. The van der Waals surface area contributed by atoms with Crippen LogP contribution in [0.2, 0.25) is 0 Å². The summed E-state index contributed by atoms with van der Waals surface area (Å²) in [5, 5.41) is 25.9. The van der Waals surface area contributed by atoms with Crippen LogP contribution in [0.1, 0.15) is 35.1 Å². The van der Waals surface area contributed by atoms with Crippen molar-refractivity contribution in [1.82, 2.24) is 0 Å². The Labute approximate surface area is 147 Å². The minimum atomic E-state index is -1.35. The Morgan fingerprint density at radius 3 is 1.77 bits per heavy atom. The van der Waals surface area contributed by atoms with Gasteiger partial charge in [-0.05, 0) is 36.4 Å². The average molecular weight is 370 g/mol. The first-order chi connectivity index (χ1) is 11.6. The van der Waals surface area contributed by atoms with Crippen molar-refractivity contribution in [1.29, 1.82) is 0 Å². The third-order valence-corrected chi connectivity index (χ3v) is 2.61. The number of ether oxygens (including phenoxy) is 1. The fourth-order valence-corrected chi connectivity index (χ4v) is 1.59. The van der Waals surface area contributed by atoms with Gasteiger partial charge in [-0.1, -0.05) is 7.43 Å². The first-order valence-corrected chi connectivity index (χ1v) is 6.55. The fraction of sp³-hybridized carbons (Fsp3) is 0.118. The lowest BCUT2D eigenvalue weighted by atomic mass is 10.2. The Bertz CT molecular complexity index is 819. The van der Waals surface area contributed by atoms with Crippen LogP contribution in [0.4, 0.5) is 8.78 Å². The zero-order valence-electron chi connectivity index (χ0n) is 12.7. The molecule has 7 nitrogen and oxygen atoms in total. The molecule has 2 aromatic carbocycles. The number of phenols is 1. The second-order valence-electron chi connectivity index (χ2n) is 4.51. The van der Waals surface area contributed by atoms with Crippen LogP contribution >= 0.6 is 0 Å². The van der Waals surface area contributed by atoms with E-state index in [9.17, 15) is 23.2 Å². The summed E-state index contributed by atoms with van der Waals surface area (Å²) < 4.78 is 29.5. The summed E-state index contributed by atoms with van der Waals surface area (Å²) in [4.78, 5) is 31.4. The van der Waals surface area contributed by atoms with Gasteiger partial charge in [0.05, 0.1) is 0 Å². The van der Waals surface area contributed by atoms with Gasteiger partial charge >= 0.3 is 17.9 Å². The molecule has 3 N–H and O–H groups in total. The maximum atomic E-state index is 12.6. The largest absolute Gasteiger partial charge is 0.507 e. The quantitative estimate of drug-likeness (QED) is 0.560. The van der Waals surface area contributed by atoms with Crippen molar-refractivity contribution < 1.29 is 43.2 Å². The number of halogens is 2. The number of aromatic carboxylic acids is 2. The van der Waals surface area contributed by atoms with Gasteiger partial charge in [-0.15, -0.1) is 0 Å². The predicted molar refractivity (Wildman–Crippen MR) is 86.4 cm³/mol. The fourth-order valence-electron chi connectivity index (χ4n) is 1.59. The highest BCUT2D eigenvalue weighted by atomic mass is 19.1. The SMILES string of the molecule is C.CC(=O)Oc1ccc(F)cc1C(=O)O.O=C(O)c1cc(F)ccc1O. The smallest absolute Gasteiger partial charge is 0.339 e. The average Bonchev–Trinajstić information content (AvgIpc) is 2.51. The molecule has 26 heavy (non-hydrogen) atoms. The molecule has 0 heterocycles. The van der Waals surface area contributed by atoms with Crippen molar-refractivity contribution in [3.63, 3.8) is 0 Å². The molecule has 140 valence electrons. The van der Waals surface area contributed by atoms with Crippen LogP contribution in [0.25, 0.3) is 0 Å². The highest BCUT2D eigenvalue weighted by Gasteiger charge is 2.13. The maximum Gasteiger partial charge on any atom is 0.339 e. The Kier molecular flexibility index (Phi) is 8.42. The minimum Gasteiger partial charge on any atom is -0.507 e. The second-order valence-corrected chi connectivity index (χ2v) is 4.51. The summed E-state index contributed by atoms with van der Waals surface area (Å²) >= 11 is 0. The number of esters is 1. The molecule has 0 atom stereocenters. The number of hydrogen-bond donors (Lipinski definition) is 3. The summed E-state index contributed by atoms with van der Waals surface area (Å²) in [6.45, 7) is 1.13. The van der Waals surface area contributed by atoms with Gasteiger partial charge in [0.2, 0.25) is 0 Å². The maximum absolute atomic E-state index is 12.6. The number of carbonyl (C=O) groups excluding carboxylic acids is 1. The summed E-state index contributed by atoms with van der Waals surface area (Å²) in [6.07, 6.45) is 0. The lowest BCUT2D eigenvalue weighted by Gasteiger charge is -2.04. The van der Waals surface area contributed by atoms with Gasteiger partial charge in [-0.2, -0.15) is 0 Å². The van der Waals surface area contributed by atoms with E-state index >= 15 is 0 Å². The number of aromatic hydroxyl groups is 1. The van der Waals surface area contributed by atoms with Crippen molar-refractivity contribution in [3.8, 4) is 11.5 Å². The standard InChI is InChI=1S/C9H7FO4.C7H5FO3.CH4/c1-5(11)14-8-3-2-6(10)4-7(8)9(12)13;8-4-1-2-6(9)5(3-4)7(10)11;/h2-4H,1H3,(H,12,13);1-3,9H,(H,10,11);1H4. The van der Waals surface area contributed by atoms with E-state index in [1.54, 1.807) is 0 Å². The normalized spacial score (nSPS) is 9.19. The van der Waals surface area contributed by atoms with Crippen molar-refractivity contribution in [2.24, 2.45) is 0 Å². The van der Waals surface area contributed by atoms with Gasteiger partial charge in [0.15, 0.2) is 0 Å². The zero-order chi connectivity index (χ0) is 19.1. The van der Waals surface area contributed by atoms with Crippen molar-refractivity contribution >= 4 is 17.9 Å². The monoisotopic (exact) mass is 370 g/mol. The third-order valence-electron chi connectivity index (χ3n) is 2.61. The Morgan fingerprint density at radius 2 is 1.35 bits per heavy atom. The van der Waals surface area contributed by atoms with E-state index in [-0.39, 0.29) is 18.7 Å². The highest BCUT2D eigenvalue weighted by Crippen LogP contribution is 2.19. The van der Waals surface area contributed by atoms with Crippen LogP contribution in [-0.4, -0.2) is 33.2 Å². The van der Waals surface area contributed by atoms with E-state index in [4.69, 9.17) is 15.3 Å². The van der Waals surface area contributed by atoms with E-state index in [0.29, 0.717) is 0 Å². The first-order valence-electron chi connectivity index (χ1n) is 6.55. The topological polar surface area (TPSA) is 121 Å². The molecular weight excluding hydrogens is 354 g/mol. The van der Waals surface area contributed by atoms with Crippen LogP contribution in [0.5, 0.6) is 11.5 Å². The minimum absolute atomic E-state index is 0. The van der Waals surface area contributed by atoms with Gasteiger partial charge < -0.3 is 20.1 Å².